The first-order chi connectivity index (χ1) is 13.0. The number of rotatable bonds is 5. The van der Waals surface area contributed by atoms with Gasteiger partial charge in [-0.25, -0.2) is 9.18 Å². The van der Waals surface area contributed by atoms with E-state index in [1.807, 2.05) is 31.1 Å². The molecule has 3 rings (SSSR count). The summed E-state index contributed by atoms with van der Waals surface area (Å²) >= 11 is 0. The van der Waals surface area contributed by atoms with Crippen LogP contribution in [0.3, 0.4) is 0 Å². The minimum Gasteiger partial charge on any atom is -0.379 e. The zero-order valence-electron chi connectivity index (χ0n) is 16.5. The molecule has 27 heavy (non-hydrogen) atoms. The van der Waals surface area contributed by atoms with Crippen LogP contribution in [-0.2, 0) is 10.2 Å². The molecule has 1 aromatic rings. The fraction of sp³-hybridized carbons (Fsp3) is 0.667. The molecule has 2 amide bonds. The first-order valence-electron chi connectivity index (χ1n) is 10.0. The third-order valence-electron chi connectivity index (χ3n) is 5.83. The van der Waals surface area contributed by atoms with Gasteiger partial charge in [0.1, 0.15) is 5.82 Å². The fourth-order valence-corrected chi connectivity index (χ4v) is 4.53. The maximum absolute atomic E-state index is 14.4. The van der Waals surface area contributed by atoms with Crippen LogP contribution in [0.1, 0.15) is 31.2 Å². The van der Waals surface area contributed by atoms with Crippen molar-refractivity contribution in [2.75, 3.05) is 53.5 Å². The maximum Gasteiger partial charge on any atom is 0.317 e. The van der Waals surface area contributed by atoms with Crippen LogP contribution in [0.2, 0.25) is 0 Å². The van der Waals surface area contributed by atoms with Gasteiger partial charge in [-0.3, -0.25) is 0 Å². The second-order valence-corrected chi connectivity index (χ2v) is 8.28. The van der Waals surface area contributed by atoms with Gasteiger partial charge < -0.3 is 19.9 Å². The van der Waals surface area contributed by atoms with E-state index < -0.39 is 0 Å². The highest BCUT2D eigenvalue weighted by atomic mass is 19.1. The minimum absolute atomic E-state index is 0.0631. The van der Waals surface area contributed by atoms with Crippen molar-refractivity contribution in [2.45, 2.75) is 31.1 Å². The van der Waals surface area contributed by atoms with E-state index >= 15 is 0 Å². The zero-order valence-corrected chi connectivity index (χ0v) is 16.5. The van der Waals surface area contributed by atoms with Gasteiger partial charge in [0.25, 0.3) is 0 Å². The summed E-state index contributed by atoms with van der Waals surface area (Å²) < 4.78 is 20.1. The Labute approximate surface area is 161 Å². The Morgan fingerprint density at radius 2 is 2.07 bits per heavy atom. The van der Waals surface area contributed by atoms with E-state index in [2.05, 4.69) is 10.2 Å². The predicted octanol–water partition coefficient (Wildman–Crippen LogP) is 2.86. The lowest BCUT2D eigenvalue weighted by molar-refractivity contribution is 0.112. The summed E-state index contributed by atoms with van der Waals surface area (Å²) in [6.07, 6.45) is 3.99. The van der Waals surface area contributed by atoms with Crippen LogP contribution in [0, 0.1) is 11.7 Å². The van der Waals surface area contributed by atoms with Gasteiger partial charge in [0.15, 0.2) is 0 Å². The lowest BCUT2D eigenvalue weighted by Gasteiger charge is -2.32. The number of nitrogens with one attached hydrogen (secondary N) is 1. The van der Waals surface area contributed by atoms with Crippen molar-refractivity contribution >= 4 is 6.03 Å². The normalized spacial score (nSPS) is 22.7. The smallest absolute Gasteiger partial charge is 0.317 e. The van der Waals surface area contributed by atoms with Gasteiger partial charge in [-0.2, -0.15) is 0 Å². The lowest BCUT2D eigenvalue weighted by atomic mass is 9.78. The van der Waals surface area contributed by atoms with E-state index in [9.17, 15) is 9.18 Å². The zero-order chi connectivity index (χ0) is 19.3. The monoisotopic (exact) mass is 377 g/mol. The molecule has 6 heteroatoms. The van der Waals surface area contributed by atoms with Crippen LogP contribution in [-0.4, -0.2) is 69.3 Å². The molecule has 0 bridgehead atoms. The van der Waals surface area contributed by atoms with Gasteiger partial charge in [0, 0.05) is 37.5 Å². The number of ether oxygens (including phenoxy) is 1. The SMILES string of the molecule is CN(C)C[C@H]1COCCN(C(=O)NCC2(c3ccccc3F)CCCC2)C1. The molecule has 1 aliphatic carbocycles. The number of nitrogens with zero attached hydrogens (tertiary/aromatic N) is 2. The van der Waals surface area contributed by atoms with Crippen LogP contribution in [0.5, 0.6) is 0 Å². The number of benzene rings is 1. The van der Waals surface area contributed by atoms with Crippen LogP contribution >= 0.6 is 0 Å². The first kappa shape index (κ1) is 20.1. The van der Waals surface area contributed by atoms with Crippen LogP contribution in [0.15, 0.2) is 24.3 Å². The molecule has 2 fully saturated rings. The van der Waals surface area contributed by atoms with E-state index in [-0.39, 0.29) is 17.3 Å². The Balaban J connectivity index is 1.65. The third-order valence-corrected chi connectivity index (χ3v) is 5.83. The summed E-state index contributed by atoms with van der Waals surface area (Å²) in [4.78, 5) is 16.8. The topological polar surface area (TPSA) is 44.8 Å². The molecule has 0 spiro atoms. The molecule has 0 unspecified atom stereocenters. The average molecular weight is 378 g/mol. The number of hydrogen-bond acceptors (Lipinski definition) is 3. The second kappa shape index (κ2) is 9.02. The van der Waals surface area contributed by atoms with E-state index in [1.165, 1.54) is 6.07 Å². The number of carbonyl (C=O) groups is 1. The van der Waals surface area contributed by atoms with Gasteiger partial charge in [-0.05, 0) is 38.6 Å². The molecule has 1 N–H and O–H groups in total. The van der Waals surface area contributed by atoms with Crippen LogP contribution in [0.4, 0.5) is 9.18 Å². The summed E-state index contributed by atoms with van der Waals surface area (Å²) in [5.74, 6) is 0.142. The summed E-state index contributed by atoms with van der Waals surface area (Å²) in [5.41, 5.74) is 0.458. The highest BCUT2D eigenvalue weighted by molar-refractivity contribution is 5.74. The van der Waals surface area contributed by atoms with E-state index in [0.717, 1.165) is 37.8 Å². The Morgan fingerprint density at radius 3 is 2.78 bits per heavy atom. The highest BCUT2D eigenvalue weighted by Gasteiger charge is 2.38. The summed E-state index contributed by atoms with van der Waals surface area (Å²) in [6, 6.07) is 6.95. The van der Waals surface area contributed by atoms with Crippen molar-refractivity contribution in [3.8, 4) is 0 Å². The summed E-state index contributed by atoms with van der Waals surface area (Å²) in [6.45, 7) is 3.92. The molecule has 0 aromatic heterocycles. The van der Waals surface area contributed by atoms with Gasteiger partial charge >= 0.3 is 6.03 Å². The molecule has 1 saturated carbocycles. The standard InChI is InChI=1S/C21H32FN3O2/c1-24(2)13-17-14-25(11-12-27-15-17)20(26)23-16-21(9-5-6-10-21)18-7-3-4-8-19(18)22/h3-4,7-8,17H,5-6,9-16H2,1-2H3,(H,23,26)/t17-/m1/s1. The average Bonchev–Trinajstić information content (AvgIpc) is 3.00. The number of hydrogen-bond donors (Lipinski definition) is 1. The molecule has 1 heterocycles. The molecular weight excluding hydrogens is 345 g/mol. The van der Waals surface area contributed by atoms with E-state index in [1.54, 1.807) is 6.07 Å². The van der Waals surface area contributed by atoms with Crippen molar-refractivity contribution in [1.82, 2.24) is 15.1 Å². The maximum atomic E-state index is 14.4. The lowest BCUT2D eigenvalue weighted by Crippen LogP contribution is -2.48. The van der Waals surface area contributed by atoms with E-state index in [0.29, 0.717) is 38.8 Å². The first-order valence-corrected chi connectivity index (χ1v) is 10.0. The molecule has 0 radical (unpaired) electrons. The molecule has 5 nitrogen and oxygen atoms in total. The Morgan fingerprint density at radius 1 is 1.33 bits per heavy atom. The predicted molar refractivity (Wildman–Crippen MR) is 104 cm³/mol. The van der Waals surface area contributed by atoms with Crippen molar-refractivity contribution in [2.24, 2.45) is 5.92 Å². The summed E-state index contributed by atoms with van der Waals surface area (Å²) in [5, 5.41) is 3.11. The van der Waals surface area contributed by atoms with Crippen LogP contribution < -0.4 is 5.32 Å². The molecule has 1 aliphatic heterocycles. The van der Waals surface area contributed by atoms with Gasteiger partial charge in [-0.1, -0.05) is 31.0 Å². The summed E-state index contributed by atoms with van der Waals surface area (Å²) in [7, 11) is 4.07. The number of amides is 2. The van der Waals surface area contributed by atoms with Crippen molar-refractivity contribution in [1.29, 1.82) is 0 Å². The Bertz CT molecular complexity index is 632. The van der Waals surface area contributed by atoms with Crippen molar-refractivity contribution < 1.29 is 13.9 Å². The van der Waals surface area contributed by atoms with Crippen LogP contribution in [0.25, 0.3) is 0 Å². The van der Waals surface area contributed by atoms with Crippen molar-refractivity contribution in [3.05, 3.63) is 35.6 Å². The van der Waals surface area contributed by atoms with Gasteiger partial charge in [-0.15, -0.1) is 0 Å². The molecule has 150 valence electrons. The quantitative estimate of drug-likeness (QED) is 0.858. The molecule has 2 aliphatic rings. The molecule has 1 atom stereocenters. The Hall–Kier alpha value is -1.66. The van der Waals surface area contributed by atoms with Crippen molar-refractivity contribution in [3.63, 3.8) is 0 Å². The minimum atomic E-state index is -0.285. The second-order valence-electron chi connectivity index (χ2n) is 8.28. The number of carbonyl (C=O) groups excluding carboxylic acids is 1. The molecule has 1 aromatic carbocycles. The number of urea groups is 1. The third kappa shape index (κ3) is 4.99. The molecule has 1 saturated heterocycles. The fourth-order valence-electron chi connectivity index (χ4n) is 4.53. The van der Waals surface area contributed by atoms with E-state index in [4.69, 9.17) is 4.74 Å². The number of halogens is 1. The molecular formula is C21H32FN3O2. The highest BCUT2D eigenvalue weighted by Crippen LogP contribution is 2.41. The van der Waals surface area contributed by atoms with Gasteiger partial charge in [0.05, 0.1) is 13.2 Å². The van der Waals surface area contributed by atoms with Gasteiger partial charge in [0.2, 0.25) is 0 Å². The largest absolute Gasteiger partial charge is 0.379 e. The Kier molecular flexibility index (Phi) is 6.71.